The largest absolute Gasteiger partial charge is 0.493 e. The Morgan fingerprint density at radius 1 is 0.789 bits per heavy atom. The Morgan fingerprint density at radius 2 is 1.39 bits per heavy atom. The summed E-state index contributed by atoms with van der Waals surface area (Å²) in [7, 11) is 0. The smallest absolute Gasteiger partial charge is 0.352 e. The van der Waals surface area contributed by atoms with Gasteiger partial charge in [0.25, 0.3) is 0 Å². The fourth-order valence-corrected chi connectivity index (χ4v) is 3.73. The lowest BCUT2D eigenvalue weighted by Gasteiger charge is -2.16. The molecule has 0 unspecified atom stereocenters. The van der Waals surface area contributed by atoms with E-state index in [1.165, 1.54) is 0 Å². The Morgan fingerprint density at radius 3 is 1.95 bits per heavy atom. The van der Waals surface area contributed by atoms with Crippen LogP contribution < -0.4 is 9.47 Å². The molecule has 2 aromatic carbocycles. The number of ketones is 1. The molecule has 1 heterocycles. The number of carbonyl (C=O) groups is 2. The molecule has 0 fully saturated rings. The van der Waals surface area contributed by atoms with Gasteiger partial charge in [0, 0.05) is 29.1 Å². The van der Waals surface area contributed by atoms with Gasteiger partial charge in [-0.3, -0.25) is 4.79 Å². The number of benzene rings is 2. The number of hydrogen-bond acceptors (Lipinski definition) is 4. The van der Waals surface area contributed by atoms with Crippen LogP contribution in [0.15, 0.2) is 42.5 Å². The minimum absolute atomic E-state index is 0. The third-order valence-corrected chi connectivity index (χ3v) is 5.28. The van der Waals surface area contributed by atoms with Crippen LogP contribution in [0.4, 0.5) is 0 Å². The van der Waals surface area contributed by atoms with Gasteiger partial charge in [0.1, 0.15) is 17.2 Å². The van der Waals surface area contributed by atoms with Gasteiger partial charge < -0.3 is 19.1 Å². The van der Waals surface area contributed by atoms with Gasteiger partial charge >= 0.3 is 5.97 Å². The summed E-state index contributed by atoms with van der Waals surface area (Å²) in [5.41, 5.74) is 1.96. The molecular weight excluding hydrogens is 478 g/mol. The number of aromatic carboxylic acids is 1. The SMILES string of the molecule is C.C.C.C.CC(C)COc1ccc(C(=O)c2ccc3c(c2)cc(C(=O)O)n3CC(C)C)c(OCC(C)C)c1. The summed E-state index contributed by atoms with van der Waals surface area (Å²) < 4.78 is 13.6. The summed E-state index contributed by atoms with van der Waals surface area (Å²) in [6, 6.07) is 12.3. The van der Waals surface area contributed by atoms with E-state index < -0.39 is 5.97 Å². The third kappa shape index (κ3) is 8.93. The molecule has 3 aromatic rings. The first-order valence-corrected chi connectivity index (χ1v) is 11.9. The standard InChI is InChI=1S/C28H35NO5.4CH4/c1-17(2)14-29-24-10-7-20(11-21(24)12-25(29)28(31)32)27(30)23-9-8-22(33-15-18(3)4)13-26(23)34-16-19(5)6;;;;/h7-13,17-19H,14-16H2,1-6H3,(H,31,32);4*1H4. The van der Waals surface area contributed by atoms with Crippen molar-refractivity contribution in [3.05, 3.63) is 59.3 Å². The van der Waals surface area contributed by atoms with E-state index in [1.807, 2.05) is 19.9 Å². The number of ether oxygens (including phenoxy) is 2. The fourth-order valence-electron chi connectivity index (χ4n) is 3.73. The first-order valence-electron chi connectivity index (χ1n) is 11.9. The molecule has 6 nitrogen and oxygen atoms in total. The molecule has 0 saturated heterocycles. The van der Waals surface area contributed by atoms with Crippen LogP contribution in [0.3, 0.4) is 0 Å². The zero-order chi connectivity index (χ0) is 25.0. The lowest BCUT2D eigenvalue weighted by Crippen LogP contribution is -2.12. The molecule has 0 aliphatic carbocycles. The van der Waals surface area contributed by atoms with Crippen LogP contribution in [0.2, 0.25) is 0 Å². The molecule has 6 heteroatoms. The first kappa shape index (κ1) is 36.9. The van der Waals surface area contributed by atoms with Crippen molar-refractivity contribution in [1.82, 2.24) is 4.57 Å². The number of carboxylic acids is 1. The molecule has 0 spiro atoms. The Labute approximate surface area is 231 Å². The zero-order valence-corrected chi connectivity index (χ0v) is 20.9. The third-order valence-electron chi connectivity index (χ3n) is 5.28. The highest BCUT2D eigenvalue weighted by Crippen LogP contribution is 2.30. The second-order valence-electron chi connectivity index (χ2n) is 10.0. The highest BCUT2D eigenvalue weighted by molar-refractivity contribution is 6.12. The maximum atomic E-state index is 13.5. The topological polar surface area (TPSA) is 77.8 Å². The fraction of sp³-hybridized carbons (Fsp3) is 0.500. The van der Waals surface area contributed by atoms with Gasteiger partial charge in [-0.05, 0) is 54.2 Å². The molecule has 0 aliphatic rings. The monoisotopic (exact) mass is 529 g/mol. The van der Waals surface area contributed by atoms with Crippen molar-refractivity contribution in [2.45, 2.75) is 77.8 Å². The predicted molar refractivity (Wildman–Crippen MR) is 161 cm³/mol. The van der Waals surface area contributed by atoms with Crippen molar-refractivity contribution < 1.29 is 24.2 Å². The second-order valence-corrected chi connectivity index (χ2v) is 10.0. The van der Waals surface area contributed by atoms with Gasteiger partial charge in [-0.25, -0.2) is 4.79 Å². The number of fused-ring (bicyclic) bond motifs is 1. The van der Waals surface area contributed by atoms with Crippen LogP contribution in [-0.4, -0.2) is 34.6 Å². The van der Waals surface area contributed by atoms with Crippen molar-refractivity contribution in [1.29, 1.82) is 0 Å². The molecule has 0 atom stereocenters. The number of rotatable bonds is 11. The summed E-state index contributed by atoms with van der Waals surface area (Å²) >= 11 is 0. The van der Waals surface area contributed by atoms with Crippen LogP contribution in [-0.2, 0) is 6.54 Å². The molecule has 1 aromatic heterocycles. The molecule has 1 N–H and O–H groups in total. The van der Waals surface area contributed by atoms with Gasteiger partial charge in [0.15, 0.2) is 5.78 Å². The average molecular weight is 530 g/mol. The van der Waals surface area contributed by atoms with Crippen LogP contribution >= 0.6 is 0 Å². The van der Waals surface area contributed by atoms with E-state index in [2.05, 4.69) is 27.7 Å². The van der Waals surface area contributed by atoms with Crippen LogP contribution in [0.25, 0.3) is 10.9 Å². The summed E-state index contributed by atoms with van der Waals surface area (Å²) in [6.45, 7) is 14.0. The van der Waals surface area contributed by atoms with E-state index in [1.54, 1.807) is 41.0 Å². The minimum Gasteiger partial charge on any atom is -0.493 e. The van der Waals surface area contributed by atoms with Crippen molar-refractivity contribution in [2.24, 2.45) is 17.8 Å². The Kier molecular flexibility index (Phi) is 15.4. The summed E-state index contributed by atoms with van der Waals surface area (Å²) in [4.78, 5) is 25.3. The average Bonchev–Trinajstić information content (AvgIpc) is 3.13. The number of carboxylic acid groups (broad SMARTS) is 1. The molecule has 0 aliphatic heterocycles. The Bertz CT molecular complexity index is 1170. The van der Waals surface area contributed by atoms with Crippen molar-refractivity contribution >= 4 is 22.7 Å². The van der Waals surface area contributed by atoms with E-state index in [0.29, 0.717) is 54.2 Å². The molecule has 214 valence electrons. The van der Waals surface area contributed by atoms with Gasteiger partial charge in [-0.15, -0.1) is 0 Å². The highest BCUT2D eigenvalue weighted by Gasteiger charge is 2.20. The number of nitrogens with zero attached hydrogens (tertiary/aromatic N) is 1. The highest BCUT2D eigenvalue weighted by atomic mass is 16.5. The zero-order valence-electron chi connectivity index (χ0n) is 20.9. The van der Waals surface area contributed by atoms with Crippen LogP contribution in [0.1, 0.15) is 97.7 Å². The number of aromatic nitrogens is 1. The quantitative estimate of drug-likeness (QED) is 0.251. The number of hydrogen-bond donors (Lipinski definition) is 1. The summed E-state index contributed by atoms with van der Waals surface area (Å²) in [5.74, 6) is 0.962. The second kappa shape index (κ2) is 15.9. The molecule has 0 saturated carbocycles. The first-order chi connectivity index (χ1) is 16.1. The minimum atomic E-state index is -0.980. The van der Waals surface area contributed by atoms with Gasteiger partial charge in [0.2, 0.25) is 0 Å². The molecule has 38 heavy (non-hydrogen) atoms. The summed E-state index contributed by atoms with van der Waals surface area (Å²) in [6.07, 6.45) is 0. The van der Waals surface area contributed by atoms with Crippen molar-refractivity contribution in [2.75, 3.05) is 13.2 Å². The lowest BCUT2D eigenvalue weighted by atomic mass is 10.0. The van der Waals surface area contributed by atoms with Gasteiger partial charge in [-0.2, -0.15) is 0 Å². The number of carbonyl (C=O) groups excluding carboxylic acids is 1. The van der Waals surface area contributed by atoms with E-state index in [4.69, 9.17) is 9.47 Å². The van der Waals surface area contributed by atoms with E-state index >= 15 is 0 Å². The van der Waals surface area contributed by atoms with E-state index in [9.17, 15) is 14.7 Å². The Hall–Kier alpha value is -3.28. The molecule has 3 rings (SSSR count). The normalized spacial score (nSPS) is 10.3. The van der Waals surface area contributed by atoms with Crippen LogP contribution in [0, 0.1) is 17.8 Å². The molecule has 0 amide bonds. The van der Waals surface area contributed by atoms with E-state index in [-0.39, 0.29) is 47.1 Å². The molecule has 0 bridgehead atoms. The predicted octanol–water partition coefficient (Wildman–Crippen LogP) is 8.84. The molecular formula is C32H51NO5. The maximum absolute atomic E-state index is 13.5. The molecule has 0 radical (unpaired) electrons. The summed E-state index contributed by atoms with van der Waals surface area (Å²) in [5, 5.41) is 10.4. The van der Waals surface area contributed by atoms with Gasteiger partial charge in [0.05, 0.1) is 18.8 Å². The lowest BCUT2D eigenvalue weighted by molar-refractivity contribution is 0.0684. The van der Waals surface area contributed by atoms with Crippen molar-refractivity contribution in [3.8, 4) is 11.5 Å². The van der Waals surface area contributed by atoms with E-state index in [0.717, 1.165) is 10.9 Å². The Balaban J connectivity index is 0. The van der Waals surface area contributed by atoms with Gasteiger partial charge in [-0.1, -0.05) is 71.2 Å². The maximum Gasteiger partial charge on any atom is 0.352 e. The van der Waals surface area contributed by atoms with Crippen molar-refractivity contribution in [3.63, 3.8) is 0 Å². The van der Waals surface area contributed by atoms with Crippen LogP contribution in [0.5, 0.6) is 11.5 Å².